The molecule has 0 aliphatic carbocycles. The first-order valence-corrected chi connectivity index (χ1v) is 5.75. The van der Waals surface area contributed by atoms with Gasteiger partial charge in [0.2, 0.25) is 0 Å². The van der Waals surface area contributed by atoms with Gasteiger partial charge < -0.3 is 21.5 Å². The molecule has 5 heteroatoms. The number of benzene rings is 2. The maximum absolute atomic E-state index is 5.87. The molecule has 4 nitrogen and oxygen atoms in total. The fourth-order valence-corrected chi connectivity index (χ4v) is 1.59. The lowest BCUT2D eigenvalue weighted by atomic mass is 10.2. The first kappa shape index (κ1) is 12.2. The number of nitrogen functional groups attached to an aromatic ring is 1. The van der Waals surface area contributed by atoms with Crippen molar-refractivity contribution in [3.05, 3.63) is 48.5 Å². The molecule has 0 saturated carbocycles. The molecule has 0 saturated heterocycles. The quantitative estimate of drug-likeness (QED) is 0.584. The molecule has 2 aromatic carbocycles. The average Bonchev–Trinajstić information content (AvgIpc) is 2.33. The van der Waals surface area contributed by atoms with Crippen molar-refractivity contribution in [3.8, 4) is 11.5 Å². The third kappa shape index (κ3) is 3.11. The van der Waals surface area contributed by atoms with Crippen LogP contribution in [0.15, 0.2) is 48.5 Å². The Bertz CT molecular complexity index is 557. The molecule has 0 spiro atoms. The summed E-state index contributed by atoms with van der Waals surface area (Å²) in [6, 6.07) is 14.8. The van der Waals surface area contributed by atoms with Crippen molar-refractivity contribution in [2.75, 3.05) is 11.1 Å². The summed E-state index contributed by atoms with van der Waals surface area (Å²) in [7, 11) is 0. The van der Waals surface area contributed by atoms with Gasteiger partial charge in [0.05, 0.1) is 11.4 Å². The third-order valence-corrected chi connectivity index (χ3v) is 2.36. The SMILES string of the molecule is NC(=S)Nc1ccc(Oc2ccccc2)cc1N. The van der Waals surface area contributed by atoms with E-state index < -0.39 is 0 Å². The molecule has 92 valence electrons. The Hall–Kier alpha value is -2.27. The summed E-state index contributed by atoms with van der Waals surface area (Å²) < 4.78 is 5.65. The van der Waals surface area contributed by atoms with E-state index in [1.54, 1.807) is 18.2 Å². The number of hydrogen-bond acceptors (Lipinski definition) is 3. The normalized spacial score (nSPS) is 9.78. The zero-order valence-electron chi connectivity index (χ0n) is 9.59. The number of ether oxygens (including phenoxy) is 1. The maximum atomic E-state index is 5.87. The van der Waals surface area contributed by atoms with E-state index in [1.165, 1.54) is 0 Å². The number of nitrogens with one attached hydrogen (secondary N) is 1. The Morgan fingerprint density at radius 2 is 1.78 bits per heavy atom. The molecule has 5 N–H and O–H groups in total. The van der Waals surface area contributed by atoms with Crippen LogP contribution in [0.1, 0.15) is 0 Å². The molecule has 0 atom stereocenters. The van der Waals surface area contributed by atoms with Crippen LogP contribution in [0, 0.1) is 0 Å². The lowest BCUT2D eigenvalue weighted by molar-refractivity contribution is 0.483. The van der Waals surface area contributed by atoms with Gasteiger partial charge in [-0.1, -0.05) is 18.2 Å². The minimum absolute atomic E-state index is 0.179. The van der Waals surface area contributed by atoms with Crippen molar-refractivity contribution in [2.45, 2.75) is 0 Å². The topological polar surface area (TPSA) is 73.3 Å². The molecule has 0 aliphatic heterocycles. The van der Waals surface area contributed by atoms with Gasteiger partial charge in [0.1, 0.15) is 11.5 Å². The Labute approximate surface area is 111 Å². The molecule has 0 aliphatic rings. The molecule has 2 rings (SSSR count). The Balaban J connectivity index is 2.16. The van der Waals surface area contributed by atoms with Crippen molar-refractivity contribution >= 4 is 28.7 Å². The fraction of sp³-hybridized carbons (Fsp3) is 0. The Kier molecular flexibility index (Phi) is 3.64. The minimum atomic E-state index is 0.179. The van der Waals surface area contributed by atoms with Gasteiger partial charge in [0.25, 0.3) is 0 Å². The van der Waals surface area contributed by atoms with Gasteiger partial charge in [-0.2, -0.15) is 0 Å². The molecule has 0 unspecified atom stereocenters. The second kappa shape index (κ2) is 5.37. The van der Waals surface area contributed by atoms with Crippen molar-refractivity contribution in [1.82, 2.24) is 0 Å². The summed E-state index contributed by atoms with van der Waals surface area (Å²) in [5, 5.41) is 2.97. The highest BCUT2D eigenvalue weighted by atomic mass is 32.1. The van der Waals surface area contributed by atoms with Crippen LogP contribution in [0.3, 0.4) is 0 Å². The van der Waals surface area contributed by atoms with E-state index in [2.05, 4.69) is 5.32 Å². The summed E-state index contributed by atoms with van der Waals surface area (Å²) >= 11 is 4.75. The third-order valence-electron chi connectivity index (χ3n) is 2.26. The largest absolute Gasteiger partial charge is 0.457 e. The van der Waals surface area contributed by atoms with E-state index in [4.69, 9.17) is 28.4 Å². The monoisotopic (exact) mass is 259 g/mol. The van der Waals surface area contributed by atoms with Crippen LogP contribution in [0.4, 0.5) is 11.4 Å². The van der Waals surface area contributed by atoms with Crippen LogP contribution in [-0.2, 0) is 0 Å². The van der Waals surface area contributed by atoms with Gasteiger partial charge in [-0.15, -0.1) is 0 Å². The second-order valence-electron chi connectivity index (χ2n) is 3.65. The van der Waals surface area contributed by atoms with Gasteiger partial charge in [-0.3, -0.25) is 0 Å². The number of anilines is 2. The molecule has 0 radical (unpaired) electrons. The van der Waals surface area contributed by atoms with Crippen LogP contribution in [0.5, 0.6) is 11.5 Å². The Morgan fingerprint density at radius 1 is 1.06 bits per heavy atom. The standard InChI is InChI=1S/C13H13N3OS/c14-11-8-10(6-7-12(11)16-13(15)18)17-9-4-2-1-3-5-9/h1-8H,14H2,(H3,15,16,18). The highest BCUT2D eigenvalue weighted by molar-refractivity contribution is 7.80. The predicted octanol–water partition coefficient (Wildman–Crippen LogP) is 2.72. The van der Waals surface area contributed by atoms with Crippen LogP contribution in [-0.4, -0.2) is 5.11 Å². The zero-order chi connectivity index (χ0) is 13.0. The first-order valence-electron chi connectivity index (χ1n) is 5.34. The number of hydrogen-bond donors (Lipinski definition) is 3. The van der Waals surface area contributed by atoms with E-state index >= 15 is 0 Å². The number of nitrogens with two attached hydrogens (primary N) is 2. The number of rotatable bonds is 3. The van der Waals surface area contributed by atoms with Crippen molar-refractivity contribution in [2.24, 2.45) is 5.73 Å². The van der Waals surface area contributed by atoms with Gasteiger partial charge in [0, 0.05) is 6.07 Å². The van der Waals surface area contributed by atoms with Crippen LogP contribution < -0.4 is 21.5 Å². The lowest BCUT2D eigenvalue weighted by Gasteiger charge is -2.10. The molecule has 0 amide bonds. The predicted molar refractivity (Wildman–Crippen MR) is 77.8 cm³/mol. The van der Waals surface area contributed by atoms with Crippen LogP contribution >= 0.6 is 12.2 Å². The van der Waals surface area contributed by atoms with Crippen LogP contribution in [0.2, 0.25) is 0 Å². The first-order chi connectivity index (χ1) is 8.65. The second-order valence-corrected chi connectivity index (χ2v) is 4.09. The highest BCUT2D eigenvalue weighted by Gasteiger charge is 2.03. The summed E-state index contributed by atoms with van der Waals surface area (Å²) in [5.74, 6) is 1.42. The Morgan fingerprint density at radius 3 is 2.39 bits per heavy atom. The summed E-state index contributed by atoms with van der Waals surface area (Å²) in [6.07, 6.45) is 0. The van der Waals surface area contributed by atoms with E-state index in [-0.39, 0.29) is 5.11 Å². The molecule has 0 fully saturated rings. The van der Waals surface area contributed by atoms with E-state index in [1.807, 2.05) is 30.3 Å². The maximum Gasteiger partial charge on any atom is 0.168 e. The van der Waals surface area contributed by atoms with E-state index in [9.17, 15) is 0 Å². The molecular formula is C13H13N3OS. The van der Waals surface area contributed by atoms with E-state index in [0.29, 0.717) is 17.1 Å². The van der Waals surface area contributed by atoms with E-state index in [0.717, 1.165) is 5.75 Å². The number of thiocarbonyl (C=S) groups is 1. The average molecular weight is 259 g/mol. The minimum Gasteiger partial charge on any atom is -0.457 e. The summed E-state index contributed by atoms with van der Waals surface area (Å²) in [4.78, 5) is 0. The van der Waals surface area contributed by atoms with Gasteiger partial charge >= 0.3 is 0 Å². The summed E-state index contributed by atoms with van der Waals surface area (Å²) in [5.41, 5.74) is 12.4. The number of para-hydroxylation sites is 1. The van der Waals surface area contributed by atoms with Gasteiger partial charge in [-0.25, -0.2) is 0 Å². The molecule has 0 aromatic heterocycles. The van der Waals surface area contributed by atoms with Gasteiger partial charge in [-0.05, 0) is 36.5 Å². The molecule has 0 heterocycles. The fourth-order valence-electron chi connectivity index (χ4n) is 1.48. The summed E-state index contributed by atoms with van der Waals surface area (Å²) in [6.45, 7) is 0. The highest BCUT2D eigenvalue weighted by Crippen LogP contribution is 2.27. The van der Waals surface area contributed by atoms with Gasteiger partial charge in [0.15, 0.2) is 5.11 Å². The van der Waals surface area contributed by atoms with Crippen molar-refractivity contribution in [1.29, 1.82) is 0 Å². The lowest BCUT2D eigenvalue weighted by Crippen LogP contribution is -2.19. The van der Waals surface area contributed by atoms with Crippen molar-refractivity contribution < 1.29 is 4.74 Å². The van der Waals surface area contributed by atoms with Crippen molar-refractivity contribution in [3.63, 3.8) is 0 Å². The molecule has 18 heavy (non-hydrogen) atoms. The molecule has 2 aromatic rings. The molecular weight excluding hydrogens is 246 g/mol. The smallest absolute Gasteiger partial charge is 0.168 e. The zero-order valence-corrected chi connectivity index (χ0v) is 10.4. The molecule has 0 bridgehead atoms. The van der Waals surface area contributed by atoms with Crippen LogP contribution in [0.25, 0.3) is 0 Å².